The van der Waals surface area contributed by atoms with Gasteiger partial charge in [-0.05, 0) is 30.2 Å². The number of hydrogen-bond donors (Lipinski definition) is 0. The largest absolute Gasteiger partial charge is 0.493 e. The first-order valence-corrected chi connectivity index (χ1v) is 7.77. The predicted octanol–water partition coefficient (Wildman–Crippen LogP) is 1.86. The van der Waals surface area contributed by atoms with Gasteiger partial charge >= 0.3 is 5.97 Å². The monoisotopic (exact) mass is 319 g/mol. The van der Waals surface area contributed by atoms with Crippen molar-refractivity contribution in [3.63, 3.8) is 0 Å². The molecule has 0 spiro atoms. The van der Waals surface area contributed by atoms with Crippen LogP contribution in [-0.2, 0) is 20.9 Å². The molecule has 1 saturated heterocycles. The molecule has 2 heterocycles. The van der Waals surface area contributed by atoms with Crippen molar-refractivity contribution in [1.29, 1.82) is 0 Å². The summed E-state index contributed by atoms with van der Waals surface area (Å²) in [6.45, 7) is 2.70. The van der Waals surface area contributed by atoms with Crippen LogP contribution in [0.15, 0.2) is 12.1 Å². The normalized spacial score (nSPS) is 23.2. The number of nitrogens with zero attached hydrogens (tertiary/aromatic N) is 1. The number of rotatable bonds is 4. The Kier molecular flexibility index (Phi) is 4.26. The molecule has 2 aliphatic heterocycles. The smallest absolute Gasteiger partial charge is 0.323 e. The quantitative estimate of drug-likeness (QED) is 0.789. The molecule has 0 unspecified atom stereocenters. The molecule has 0 aliphatic carbocycles. The lowest BCUT2D eigenvalue weighted by Gasteiger charge is -2.35. The molecule has 6 nitrogen and oxygen atoms in total. The van der Waals surface area contributed by atoms with Crippen molar-refractivity contribution < 1.29 is 23.8 Å². The number of carbonyl (C=O) groups excluding carboxylic acids is 2. The highest BCUT2D eigenvalue weighted by atomic mass is 16.5. The van der Waals surface area contributed by atoms with Crippen molar-refractivity contribution in [2.45, 2.75) is 38.4 Å². The van der Waals surface area contributed by atoms with E-state index in [2.05, 4.69) is 4.90 Å². The highest BCUT2D eigenvalue weighted by Gasteiger charge is 2.44. The summed E-state index contributed by atoms with van der Waals surface area (Å²) < 4.78 is 15.9. The number of ether oxygens (including phenoxy) is 3. The molecule has 6 heteroatoms. The van der Waals surface area contributed by atoms with Crippen LogP contribution < -0.4 is 9.47 Å². The van der Waals surface area contributed by atoms with Crippen LogP contribution in [0.3, 0.4) is 0 Å². The summed E-state index contributed by atoms with van der Waals surface area (Å²) in [5.41, 5.74) is 2.10. The van der Waals surface area contributed by atoms with Crippen LogP contribution >= 0.6 is 0 Å². The Morgan fingerprint density at radius 1 is 1.22 bits per heavy atom. The van der Waals surface area contributed by atoms with E-state index < -0.39 is 6.04 Å². The molecule has 1 aromatic carbocycles. The van der Waals surface area contributed by atoms with Gasteiger partial charge in [-0.2, -0.15) is 0 Å². The lowest BCUT2D eigenvalue weighted by molar-refractivity contribution is -0.155. The molecular weight excluding hydrogens is 298 g/mol. The molecule has 0 saturated carbocycles. The molecule has 1 fully saturated rings. The first-order chi connectivity index (χ1) is 11.1. The van der Waals surface area contributed by atoms with Crippen LogP contribution in [0, 0.1) is 0 Å². The van der Waals surface area contributed by atoms with Crippen molar-refractivity contribution in [2.75, 3.05) is 20.8 Å². The van der Waals surface area contributed by atoms with Crippen LogP contribution in [0.1, 0.15) is 36.9 Å². The summed E-state index contributed by atoms with van der Waals surface area (Å²) >= 11 is 0. The third-order valence-electron chi connectivity index (χ3n) is 4.56. The molecule has 3 rings (SSSR count). The van der Waals surface area contributed by atoms with Gasteiger partial charge in [0.25, 0.3) is 0 Å². The average molecular weight is 319 g/mol. The standard InChI is InChI=1S/C17H21NO5/c1-4-23-17(20)14-7-11(19)6-13-12-8-16(22-3)15(21-2)5-10(12)9-18(13)14/h5,8,13-14H,4,6-7,9H2,1-3H3/t13-,14-/m0/s1. The van der Waals surface area contributed by atoms with Gasteiger partial charge in [0.15, 0.2) is 11.5 Å². The highest BCUT2D eigenvalue weighted by Crippen LogP contribution is 2.45. The number of hydrogen-bond acceptors (Lipinski definition) is 6. The Morgan fingerprint density at radius 2 is 1.91 bits per heavy atom. The first kappa shape index (κ1) is 15.8. The Morgan fingerprint density at radius 3 is 2.57 bits per heavy atom. The fraction of sp³-hybridized carbons (Fsp3) is 0.529. The van der Waals surface area contributed by atoms with Crippen LogP contribution in [0.2, 0.25) is 0 Å². The van der Waals surface area contributed by atoms with Crippen molar-refractivity contribution >= 4 is 11.8 Å². The van der Waals surface area contributed by atoms with E-state index in [0.717, 1.165) is 11.1 Å². The molecule has 0 amide bonds. The third kappa shape index (κ3) is 2.67. The van der Waals surface area contributed by atoms with E-state index in [0.29, 0.717) is 31.1 Å². The predicted molar refractivity (Wildman–Crippen MR) is 82.5 cm³/mol. The minimum Gasteiger partial charge on any atom is -0.493 e. The number of Topliss-reactive ketones (excluding diaryl/α,β-unsaturated/α-hetero) is 1. The van der Waals surface area contributed by atoms with Gasteiger partial charge < -0.3 is 14.2 Å². The second-order valence-electron chi connectivity index (χ2n) is 5.81. The van der Waals surface area contributed by atoms with Crippen LogP contribution in [0.5, 0.6) is 11.5 Å². The van der Waals surface area contributed by atoms with Crippen LogP contribution in [0.25, 0.3) is 0 Å². The number of fused-ring (bicyclic) bond motifs is 3. The van der Waals surface area contributed by atoms with E-state index in [4.69, 9.17) is 14.2 Å². The Bertz CT molecular complexity index is 642. The topological polar surface area (TPSA) is 65.1 Å². The molecule has 1 aromatic rings. The van der Waals surface area contributed by atoms with E-state index >= 15 is 0 Å². The van der Waals surface area contributed by atoms with E-state index in [1.807, 2.05) is 12.1 Å². The molecule has 2 atom stereocenters. The minimum absolute atomic E-state index is 0.0898. The number of esters is 1. The number of benzene rings is 1. The fourth-order valence-corrected chi connectivity index (χ4v) is 3.51. The van der Waals surface area contributed by atoms with E-state index in [1.54, 1.807) is 21.1 Å². The zero-order valence-corrected chi connectivity index (χ0v) is 13.6. The van der Waals surface area contributed by atoms with Gasteiger partial charge in [-0.25, -0.2) is 0 Å². The lowest BCUT2D eigenvalue weighted by Crippen LogP contribution is -2.46. The Hall–Kier alpha value is -2.08. The van der Waals surface area contributed by atoms with Crippen molar-refractivity contribution in [1.82, 2.24) is 4.90 Å². The minimum atomic E-state index is -0.509. The van der Waals surface area contributed by atoms with Gasteiger partial charge in [0.2, 0.25) is 0 Å². The average Bonchev–Trinajstić information content (AvgIpc) is 2.90. The van der Waals surface area contributed by atoms with Crippen LogP contribution in [-0.4, -0.2) is 43.5 Å². The maximum atomic E-state index is 12.2. The van der Waals surface area contributed by atoms with Gasteiger partial charge in [-0.1, -0.05) is 0 Å². The van der Waals surface area contributed by atoms with E-state index in [-0.39, 0.29) is 24.2 Å². The number of piperidine rings is 1. The molecule has 23 heavy (non-hydrogen) atoms. The summed E-state index contributed by atoms with van der Waals surface area (Å²) in [4.78, 5) is 26.4. The third-order valence-corrected chi connectivity index (χ3v) is 4.56. The van der Waals surface area contributed by atoms with Gasteiger partial charge in [0.05, 0.1) is 20.8 Å². The Labute approximate surface area is 135 Å². The molecule has 0 bridgehead atoms. The van der Waals surface area contributed by atoms with Gasteiger partial charge in [-0.3, -0.25) is 14.5 Å². The van der Waals surface area contributed by atoms with Gasteiger partial charge in [0, 0.05) is 25.4 Å². The maximum absolute atomic E-state index is 12.2. The zero-order chi connectivity index (χ0) is 16.6. The molecular formula is C17H21NO5. The molecule has 0 aromatic heterocycles. The zero-order valence-electron chi connectivity index (χ0n) is 13.6. The van der Waals surface area contributed by atoms with Crippen molar-refractivity contribution in [3.8, 4) is 11.5 Å². The van der Waals surface area contributed by atoms with Gasteiger partial charge in [0.1, 0.15) is 11.8 Å². The summed E-state index contributed by atoms with van der Waals surface area (Å²) in [7, 11) is 3.18. The fourth-order valence-electron chi connectivity index (χ4n) is 3.51. The molecule has 124 valence electrons. The Balaban J connectivity index is 1.97. The lowest BCUT2D eigenvalue weighted by atomic mass is 9.92. The van der Waals surface area contributed by atoms with Gasteiger partial charge in [-0.15, -0.1) is 0 Å². The second kappa shape index (κ2) is 6.20. The number of carbonyl (C=O) groups is 2. The molecule has 0 radical (unpaired) electrons. The van der Waals surface area contributed by atoms with Crippen molar-refractivity contribution in [2.24, 2.45) is 0 Å². The van der Waals surface area contributed by atoms with Crippen LogP contribution in [0.4, 0.5) is 0 Å². The molecule has 0 N–H and O–H groups in total. The van der Waals surface area contributed by atoms with E-state index in [1.165, 1.54) is 0 Å². The molecule has 2 aliphatic rings. The second-order valence-corrected chi connectivity index (χ2v) is 5.81. The summed E-state index contributed by atoms with van der Waals surface area (Å²) in [5.74, 6) is 1.06. The summed E-state index contributed by atoms with van der Waals surface area (Å²) in [6.07, 6.45) is 0.635. The maximum Gasteiger partial charge on any atom is 0.323 e. The first-order valence-electron chi connectivity index (χ1n) is 7.77. The highest BCUT2D eigenvalue weighted by molar-refractivity contribution is 5.88. The van der Waals surface area contributed by atoms with E-state index in [9.17, 15) is 9.59 Å². The summed E-state index contributed by atoms with van der Waals surface area (Å²) in [6, 6.07) is 3.24. The van der Waals surface area contributed by atoms with Crippen molar-refractivity contribution in [3.05, 3.63) is 23.3 Å². The number of methoxy groups -OCH3 is 2. The summed E-state index contributed by atoms with van der Waals surface area (Å²) in [5, 5.41) is 0. The SMILES string of the molecule is CCOC(=O)[C@@H]1CC(=O)C[C@H]2c3cc(OC)c(OC)cc3CN12. The number of ketones is 1.